The van der Waals surface area contributed by atoms with Crippen LogP contribution < -0.4 is 9.47 Å². The summed E-state index contributed by atoms with van der Waals surface area (Å²) in [4.78, 5) is 12.0. The highest BCUT2D eigenvalue weighted by Gasteiger charge is 2.10. The maximum Gasteiger partial charge on any atom is 0.175 e. The predicted molar refractivity (Wildman–Crippen MR) is 81.6 cm³/mol. The van der Waals surface area contributed by atoms with Crippen LogP contribution in [0.25, 0.3) is 0 Å². The van der Waals surface area contributed by atoms with Gasteiger partial charge in [-0.2, -0.15) is 0 Å². The van der Waals surface area contributed by atoms with Gasteiger partial charge in [0.1, 0.15) is 0 Å². The van der Waals surface area contributed by atoms with Gasteiger partial charge in [-0.25, -0.2) is 0 Å². The van der Waals surface area contributed by atoms with Gasteiger partial charge in [-0.15, -0.1) is 0 Å². The van der Waals surface area contributed by atoms with E-state index in [2.05, 4.69) is 15.9 Å². The van der Waals surface area contributed by atoms with Crippen LogP contribution in [0.1, 0.15) is 16.8 Å². The Kier molecular flexibility index (Phi) is 5.18. The summed E-state index contributed by atoms with van der Waals surface area (Å²) >= 11 is 3.41. The third kappa shape index (κ3) is 3.61. The zero-order valence-electron chi connectivity index (χ0n) is 11.1. The molecule has 104 valence electrons. The third-order valence-corrected chi connectivity index (χ3v) is 3.45. The largest absolute Gasteiger partial charge is 0.493 e. The first-order chi connectivity index (χ1) is 9.72. The van der Waals surface area contributed by atoms with E-state index in [-0.39, 0.29) is 5.78 Å². The zero-order valence-corrected chi connectivity index (χ0v) is 12.7. The minimum Gasteiger partial charge on any atom is -0.493 e. The Balaban J connectivity index is 1.95. The molecular weight excluding hydrogens is 320 g/mol. The first-order valence-corrected chi connectivity index (χ1v) is 7.05. The Morgan fingerprint density at radius 3 is 2.55 bits per heavy atom. The number of carbonyl (C=O) groups excluding carboxylic acids is 1. The van der Waals surface area contributed by atoms with Crippen LogP contribution in [0.5, 0.6) is 11.5 Å². The van der Waals surface area contributed by atoms with Crippen LogP contribution in [-0.2, 0) is 0 Å². The first kappa shape index (κ1) is 14.6. The molecule has 0 radical (unpaired) electrons. The fraction of sp³-hybridized carbons (Fsp3) is 0.188. The monoisotopic (exact) mass is 334 g/mol. The van der Waals surface area contributed by atoms with E-state index in [0.717, 1.165) is 4.47 Å². The highest BCUT2D eigenvalue weighted by Crippen LogP contribution is 2.34. The Morgan fingerprint density at radius 1 is 1.10 bits per heavy atom. The van der Waals surface area contributed by atoms with Crippen molar-refractivity contribution < 1.29 is 14.3 Å². The summed E-state index contributed by atoms with van der Waals surface area (Å²) in [5.41, 5.74) is 0.704. The molecule has 2 aromatic carbocycles. The van der Waals surface area contributed by atoms with Gasteiger partial charge in [-0.1, -0.05) is 36.4 Å². The molecular formula is C16H15BrO3. The molecule has 0 fully saturated rings. The van der Waals surface area contributed by atoms with Crippen molar-refractivity contribution in [1.29, 1.82) is 0 Å². The summed E-state index contributed by atoms with van der Waals surface area (Å²) in [5, 5.41) is 0. The number of halogens is 1. The molecule has 3 nitrogen and oxygen atoms in total. The van der Waals surface area contributed by atoms with Gasteiger partial charge < -0.3 is 9.47 Å². The minimum atomic E-state index is 0.0663. The number of methoxy groups -OCH3 is 1. The molecule has 0 aromatic heterocycles. The molecule has 0 bridgehead atoms. The number of hydrogen-bond acceptors (Lipinski definition) is 3. The Hall–Kier alpha value is -1.81. The molecule has 0 spiro atoms. The summed E-state index contributed by atoms with van der Waals surface area (Å²) < 4.78 is 11.7. The molecule has 2 aromatic rings. The van der Waals surface area contributed by atoms with Crippen molar-refractivity contribution in [2.75, 3.05) is 13.7 Å². The van der Waals surface area contributed by atoms with Crippen molar-refractivity contribution in [3.8, 4) is 11.5 Å². The molecule has 0 aliphatic rings. The predicted octanol–water partition coefficient (Wildman–Crippen LogP) is 4.11. The van der Waals surface area contributed by atoms with Gasteiger partial charge in [0, 0.05) is 12.0 Å². The van der Waals surface area contributed by atoms with Crippen molar-refractivity contribution in [1.82, 2.24) is 0 Å². The lowest BCUT2D eigenvalue weighted by atomic mass is 10.1. The highest BCUT2D eigenvalue weighted by atomic mass is 79.9. The zero-order chi connectivity index (χ0) is 14.4. The number of para-hydroxylation sites is 1. The molecule has 2 rings (SSSR count). The van der Waals surface area contributed by atoms with Crippen molar-refractivity contribution in [2.45, 2.75) is 6.42 Å². The van der Waals surface area contributed by atoms with E-state index >= 15 is 0 Å². The fourth-order valence-corrected chi connectivity index (χ4v) is 2.27. The summed E-state index contributed by atoms with van der Waals surface area (Å²) in [6.45, 7) is 0.312. The second kappa shape index (κ2) is 7.10. The lowest BCUT2D eigenvalue weighted by Crippen LogP contribution is -2.07. The van der Waals surface area contributed by atoms with E-state index in [1.807, 2.05) is 36.4 Å². The van der Waals surface area contributed by atoms with Crippen LogP contribution in [0, 0.1) is 0 Å². The average Bonchev–Trinajstić information content (AvgIpc) is 2.49. The molecule has 0 unspecified atom stereocenters. The Morgan fingerprint density at radius 2 is 1.85 bits per heavy atom. The van der Waals surface area contributed by atoms with Crippen LogP contribution in [0.3, 0.4) is 0 Å². The van der Waals surface area contributed by atoms with E-state index in [1.165, 1.54) is 0 Å². The molecule has 20 heavy (non-hydrogen) atoms. The molecule has 0 amide bonds. The second-order valence-corrected chi connectivity index (χ2v) is 5.01. The molecule has 0 saturated carbocycles. The second-order valence-electron chi connectivity index (χ2n) is 4.16. The third-order valence-electron chi connectivity index (χ3n) is 2.82. The van der Waals surface area contributed by atoms with Crippen molar-refractivity contribution >= 4 is 21.7 Å². The lowest BCUT2D eigenvalue weighted by molar-refractivity contribution is 0.0961. The number of rotatable bonds is 6. The van der Waals surface area contributed by atoms with E-state index in [9.17, 15) is 4.79 Å². The summed E-state index contributed by atoms with van der Waals surface area (Å²) in [5.74, 6) is 1.33. The van der Waals surface area contributed by atoms with Crippen LogP contribution >= 0.6 is 15.9 Å². The van der Waals surface area contributed by atoms with Gasteiger partial charge in [-0.3, -0.25) is 4.79 Å². The minimum absolute atomic E-state index is 0.0663. The Bertz CT molecular complexity index is 582. The fourth-order valence-electron chi connectivity index (χ4n) is 1.80. The van der Waals surface area contributed by atoms with Gasteiger partial charge in [0.25, 0.3) is 0 Å². The van der Waals surface area contributed by atoms with Crippen LogP contribution in [0.15, 0.2) is 53.0 Å². The molecule has 0 heterocycles. The Labute approximate surface area is 126 Å². The summed E-state index contributed by atoms with van der Waals surface area (Å²) in [6, 6.07) is 14.8. The number of hydrogen-bond donors (Lipinski definition) is 0. The average molecular weight is 335 g/mol. The maximum atomic E-state index is 12.0. The van der Waals surface area contributed by atoms with Gasteiger partial charge in [0.15, 0.2) is 17.3 Å². The highest BCUT2D eigenvalue weighted by molar-refractivity contribution is 9.10. The van der Waals surface area contributed by atoms with Crippen molar-refractivity contribution in [2.24, 2.45) is 0 Å². The normalized spacial score (nSPS) is 10.1. The van der Waals surface area contributed by atoms with E-state index in [1.54, 1.807) is 19.2 Å². The van der Waals surface area contributed by atoms with E-state index in [0.29, 0.717) is 30.1 Å². The SMILES string of the molecule is COc1cccc(Br)c1OCCC(=O)c1ccccc1. The smallest absolute Gasteiger partial charge is 0.175 e. The number of ketones is 1. The van der Waals surface area contributed by atoms with Crippen LogP contribution in [0.4, 0.5) is 0 Å². The van der Waals surface area contributed by atoms with E-state index < -0.39 is 0 Å². The van der Waals surface area contributed by atoms with Gasteiger partial charge >= 0.3 is 0 Å². The number of Topliss-reactive ketones (excluding diaryl/α,β-unsaturated/α-hetero) is 1. The van der Waals surface area contributed by atoms with Crippen molar-refractivity contribution in [3.63, 3.8) is 0 Å². The molecule has 0 saturated heterocycles. The van der Waals surface area contributed by atoms with Crippen LogP contribution in [0.2, 0.25) is 0 Å². The molecule has 0 atom stereocenters. The van der Waals surface area contributed by atoms with Gasteiger partial charge in [-0.05, 0) is 28.1 Å². The maximum absolute atomic E-state index is 12.0. The van der Waals surface area contributed by atoms with E-state index in [4.69, 9.17) is 9.47 Å². The molecule has 0 aliphatic heterocycles. The molecule has 0 aliphatic carbocycles. The number of ether oxygens (including phenoxy) is 2. The number of carbonyl (C=O) groups is 1. The number of benzene rings is 2. The van der Waals surface area contributed by atoms with Crippen molar-refractivity contribution in [3.05, 3.63) is 58.6 Å². The summed E-state index contributed by atoms with van der Waals surface area (Å²) in [7, 11) is 1.59. The summed E-state index contributed by atoms with van der Waals surface area (Å²) in [6.07, 6.45) is 0.328. The first-order valence-electron chi connectivity index (χ1n) is 6.26. The van der Waals surface area contributed by atoms with Gasteiger partial charge in [0.2, 0.25) is 0 Å². The standard InChI is InChI=1S/C16H15BrO3/c1-19-15-9-5-8-13(17)16(15)20-11-10-14(18)12-6-3-2-4-7-12/h2-9H,10-11H2,1H3. The molecule has 0 N–H and O–H groups in total. The van der Waals surface area contributed by atoms with Gasteiger partial charge in [0.05, 0.1) is 18.2 Å². The topological polar surface area (TPSA) is 35.5 Å². The lowest BCUT2D eigenvalue weighted by Gasteiger charge is -2.11. The quantitative estimate of drug-likeness (QED) is 0.746. The molecule has 4 heteroatoms. The van der Waals surface area contributed by atoms with Crippen LogP contribution in [-0.4, -0.2) is 19.5 Å².